The highest BCUT2D eigenvalue weighted by atomic mass is 127. The fourth-order valence-corrected chi connectivity index (χ4v) is 3.92. The second kappa shape index (κ2) is 10.3. The van der Waals surface area contributed by atoms with Gasteiger partial charge in [-0.1, -0.05) is 0 Å². The van der Waals surface area contributed by atoms with Gasteiger partial charge in [0.2, 0.25) is 0 Å². The number of hydrogen-bond donors (Lipinski definition) is 1. The van der Waals surface area contributed by atoms with Gasteiger partial charge in [0.05, 0.1) is 10.7 Å². The van der Waals surface area contributed by atoms with Crippen LogP contribution in [-0.4, -0.2) is 60.4 Å². The lowest BCUT2D eigenvalue weighted by Gasteiger charge is -2.31. The molecule has 8 nitrogen and oxygen atoms in total. The number of methoxy groups -OCH3 is 1. The van der Waals surface area contributed by atoms with Crippen molar-refractivity contribution in [3.63, 3.8) is 0 Å². The molecule has 0 bridgehead atoms. The van der Waals surface area contributed by atoms with Gasteiger partial charge in [0.15, 0.2) is 23.2 Å². The molecule has 0 spiro atoms. The van der Waals surface area contributed by atoms with Gasteiger partial charge < -0.3 is 14.8 Å². The van der Waals surface area contributed by atoms with Gasteiger partial charge in [0.1, 0.15) is 11.4 Å². The number of hydrogen-bond acceptors (Lipinski definition) is 6. The van der Waals surface area contributed by atoms with Gasteiger partial charge in [-0.25, -0.2) is 4.39 Å². The lowest BCUT2D eigenvalue weighted by Crippen LogP contribution is -2.52. The maximum Gasteiger partial charge on any atom is 0.265 e. The van der Waals surface area contributed by atoms with Crippen LogP contribution in [0.4, 0.5) is 10.1 Å². The van der Waals surface area contributed by atoms with Crippen molar-refractivity contribution in [2.45, 2.75) is 0 Å². The zero-order valence-corrected chi connectivity index (χ0v) is 20.8. The quantitative estimate of drug-likeness (QED) is 0.244. The second-order valence-electron chi connectivity index (χ2n) is 6.95. The summed E-state index contributed by atoms with van der Waals surface area (Å²) in [5, 5.41) is 2.73. The van der Waals surface area contributed by atoms with Gasteiger partial charge in [-0.3, -0.25) is 24.2 Å². The van der Waals surface area contributed by atoms with Gasteiger partial charge in [-0.15, -0.1) is 0 Å². The smallest absolute Gasteiger partial charge is 0.265 e. The molecule has 1 heterocycles. The van der Waals surface area contributed by atoms with E-state index in [1.165, 1.54) is 61.3 Å². The summed E-state index contributed by atoms with van der Waals surface area (Å²) in [6, 6.07) is 8.64. The van der Waals surface area contributed by atoms with E-state index in [1.807, 2.05) is 22.6 Å². The SMILES string of the molecule is COc1cc(C=C2C(=O)N(C)C(=S)N(C)C2=O)cc(I)c1OCC(=O)Nc1ccc(F)cc1. The van der Waals surface area contributed by atoms with Crippen LogP contribution in [-0.2, 0) is 14.4 Å². The summed E-state index contributed by atoms with van der Waals surface area (Å²) in [6.07, 6.45) is 1.45. The van der Waals surface area contributed by atoms with E-state index in [1.54, 1.807) is 12.1 Å². The highest BCUT2D eigenvalue weighted by Gasteiger charge is 2.35. The number of nitrogens with one attached hydrogen (secondary N) is 1. The minimum Gasteiger partial charge on any atom is -0.493 e. The van der Waals surface area contributed by atoms with E-state index in [9.17, 15) is 18.8 Å². The third-order valence-corrected chi connectivity index (χ3v) is 6.03. The number of halogens is 2. The van der Waals surface area contributed by atoms with Gasteiger partial charge in [-0.05, 0) is 82.8 Å². The van der Waals surface area contributed by atoms with Crippen molar-refractivity contribution in [2.75, 3.05) is 33.1 Å². The molecule has 0 atom stereocenters. The first-order valence-electron chi connectivity index (χ1n) is 9.50. The number of anilines is 1. The van der Waals surface area contributed by atoms with Crippen molar-refractivity contribution in [3.8, 4) is 11.5 Å². The standard InChI is InChI=1S/C22H19FIN3O5S/c1-26-20(29)15(21(30)27(2)22(26)33)8-12-9-16(24)19(17(10-12)31-3)32-11-18(28)25-14-6-4-13(23)5-7-14/h4-10H,11H2,1-3H3,(H,25,28). The van der Waals surface area contributed by atoms with Crippen LogP contribution in [0.3, 0.4) is 0 Å². The summed E-state index contributed by atoms with van der Waals surface area (Å²) in [6.45, 7) is -0.311. The van der Waals surface area contributed by atoms with Gasteiger partial charge in [-0.2, -0.15) is 0 Å². The molecule has 3 amide bonds. The van der Waals surface area contributed by atoms with Crippen LogP contribution in [0, 0.1) is 9.39 Å². The summed E-state index contributed by atoms with van der Waals surface area (Å²) in [5.41, 5.74) is 0.925. The number of amides is 3. The van der Waals surface area contributed by atoms with Crippen molar-refractivity contribution >= 4 is 69.4 Å². The maximum atomic E-state index is 13.0. The topological polar surface area (TPSA) is 88.2 Å². The van der Waals surface area contributed by atoms with Crippen LogP contribution >= 0.6 is 34.8 Å². The van der Waals surface area contributed by atoms with Crippen LogP contribution in [0.2, 0.25) is 0 Å². The van der Waals surface area contributed by atoms with Crippen LogP contribution in [0.25, 0.3) is 6.08 Å². The van der Waals surface area contributed by atoms with Crippen molar-refractivity contribution in [1.29, 1.82) is 0 Å². The predicted molar refractivity (Wildman–Crippen MR) is 132 cm³/mol. The zero-order valence-electron chi connectivity index (χ0n) is 17.8. The van der Waals surface area contributed by atoms with Crippen molar-refractivity contribution in [1.82, 2.24) is 9.80 Å². The van der Waals surface area contributed by atoms with E-state index >= 15 is 0 Å². The number of nitrogens with zero attached hydrogens (tertiary/aromatic N) is 2. The molecule has 3 rings (SSSR count). The van der Waals surface area contributed by atoms with Crippen LogP contribution in [0.5, 0.6) is 11.5 Å². The third kappa shape index (κ3) is 5.47. The molecule has 33 heavy (non-hydrogen) atoms. The molecule has 1 aliphatic rings. The summed E-state index contributed by atoms with van der Waals surface area (Å²) in [7, 11) is 4.43. The van der Waals surface area contributed by atoms with Crippen molar-refractivity contribution in [3.05, 3.63) is 56.9 Å². The van der Waals surface area contributed by atoms with Crippen LogP contribution in [0.1, 0.15) is 5.56 Å². The molecule has 0 aromatic heterocycles. The van der Waals surface area contributed by atoms with E-state index < -0.39 is 23.5 Å². The van der Waals surface area contributed by atoms with Gasteiger partial charge >= 0.3 is 0 Å². The lowest BCUT2D eigenvalue weighted by atomic mass is 10.1. The van der Waals surface area contributed by atoms with Crippen molar-refractivity contribution in [2.24, 2.45) is 0 Å². The number of likely N-dealkylation sites (N-methyl/N-ethyl adjacent to an activating group) is 2. The summed E-state index contributed by atoms with van der Waals surface area (Å²) >= 11 is 7.10. The predicted octanol–water partition coefficient (Wildman–Crippen LogP) is 3.06. The molecule has 0 saturated carbocycles. The Morgan fingerprint density at radius 1 is 1.15 bits per heavy atom. The van der Waals surface area contributed by atoms with E-state index in [0.29, 0.717) is 26.3 Å². The molecule has 0 aliphatic carbocycles. The molecule has 2 aromatic rings. The second-order valence-corrected chi connectivity index (χ2v) is 8.47. The molecule has 1 fully saturated rings. The zero-order chi connectivity index (χ0) is 24.3. The Balaban J connectivity index is 1.79. The third-order valence-electron chi connectivity index (χ3n) is 4.68. The first kappa shape index (κ1) is 24.6. The fraction of sp³-hybridized carbons (Fsp3) is 0.182. The number of carbonyl (C=O) groups excluding carboxylic acids is 3. The normalized spacial score (nSPS) is 13.8. The molecule has 0 unspecified atom stereocenters. The molecular formula is C22H19FIN3O5S. The molecule has 2 aromatic carbocycles. The number of benzene rings is 2. The Labute approximate surface area is 208 Å². The summed E-state index contributed by atoms with van der Waals surface area (Å²) in [5.74, 6) is -1.21. The molecule has 1 N–H and O–H groups in total. The molecule has 172 valence electrons. The number of thiocarbonyl (C=S) groups is 1. The number of carbonyl (C=O) groups is 3. The van der Waals surface area contributed by atoms with Gasteiger partial charge in [0, 0.05) is 19.8 Å². The Bertz CT molecular complexity index is 1140. The first-order chi connectivity index (χ1) is 15.6. The van der Waals surface area contributed by atoms with Crippen LogP contribution < -0.4 is 14.8 Å². The summed E-state index contributed by atoms with van der Waals surface area (Å²) < 4.78 is 24.6. The lowest BCUT2D eigenvalue weighted by molar-refractivity contribution is -0.132. The number of ether oxygens (including phenoxy) is 2. The Morgan fingerprint density at radius 3 is 2.33 bits per heavy atom. The fourth-order valence-electron chi connectivity index (χ4n) is 2.97. The average Bonchev–Trinajstić information content (AvgIpc) is 2.79. The minimum absolute atomic E-state index is 0.0428. The highest BCUT2D eigenvalue weighted by Crippen LogP contribution is 2.35. The molecule has 0 radical (unpaired) electrons. The Hall–Kier alpha value is -3.06. The molecule has 1 aliphatic heterocycles. The van der Waals surface area contributed by atoms with E-state index in [-0.39, 0.29) is 17.3 Å². The first-order valence-corrected chi connectivity index (χ1v) is 11.0. The molecular weight excluding hydrogens is 564 g/mol. The monoisotopic (exact) mass is 583 g/mol. The highest BCUT2D eigenvalue weighted by molar-refractivity contribution is 14.1. The van der Waals surface area contributed by atoms with E-state index in [4.69, 9.17) is 21.7 Å². The average molecular weight is 583 g/mol. The Kier molecular flexibility index (Phi) is 7.64. The van der Waals surface area contributed by atoms with Crippen molar-refractivity contribution < 1.29 is 28.2 Å². The Morgan fingerprint density at radius 2 is 1.76 bits per heavy atom. The largest absolute Gasteiger partial charge is 0.493 e. The van der Waals surface area contributed by atoms with Gasteiger partial charge in [0.25, 0.3) is 17.7 Å². The van der Waals surface area contributed by atoms with E-state index in [0.717, 1.165) is 0 Å². The molecule has 11 heteroatoms. The minimum atomic E-state index is -0.505. The van der Waals surface area contributed by atoms with E-state index in [2.05, 4.69) is 5.32 Å². The van der Waals surface area contributed by atoms with Crippen LogP contribution in [0.15, 0.2) is 42.0 Å². The molecule has 1 saturated heterocycles. The summed E-state index contributed by atoms with van der Waals surface area (Å²) in [4.78, 5) is 39.7. The number of rotatable bonds is 6. The maximum absolute atomic E-state index is 13.0.